The van der Waals surface area contributed by atoms with Crippen LogP contribution < -0.4 is 5.73 Å². The maximum atomic E-state index is 9.32. The van der Waals surface area contributed by atoms with Crippen LogP contribution in [-0.4, -0.2) is 22.5 Å². The number of rotatable bonds is 3. The number of aliphatic hydroxyl groups excluding tert-OH is 1. The average molecular weight is 209 g/mol. The normalized spacial score (nSPS) is 31.1. The first-order valence-corrected chi connectivity index (χ1v) is 5.68. The first-order chi connectivity index (χ1) is 6.74. The second-order valence-electron chi connectivity index (χ2n) is 3.86. The lowest BCUT2D eigenvalue weighted by atomic mass is 9.81. The minimum absolute atomic E-state index is 0.0841. The molecule has 1 aliphatic carbocycles. The van der Waals surface area contributed by atoms with Crippen molar-refractivity contribution in [2.75, 3.05) is 6.54 Å². The number of hydrogen-bond donors (Lipinski definition) is 2. The molecule has 1 aromatic carbocycles. The van der Waals surface area contributed by atoms with Gasteiger partial charge >= 0.3 is 0 Å². The molecule has 0 saturated heterocycles. The zero-order chi connectivity index (χ0) is 10.0. The van der Waals surface area contributed by atoms with E-state index in [-0.39, 0.29) is 10.9 Å². The van der Waals surface area contributed by atoms with Crippen molar-refractivity contribution in [2.24, 2.45) is 5.73 Å². The Labute approximate surface area is 88.5 Å². The van der Waals surface area contributed by atoms with Crippen molar-refractivity contribution >= 4 is 11.8 Å². The molecule has 0 spiro atoms. The fraction of sp³-hybridized carbons (Fsp3) is 0.455. The molecule has 3 N–H and O–H groups in total. The molecule has 0 unspecified atom stereocenters. The zero-order valence-electron chi connectivity index (χ0n) is 8.02. The molecule has 2 rings (SSSR count). The molecule has 0 heterocycles. The summed E-state index contributed by atoms with van der Waals surface area (Å²) in [5.41, 5.74) is 5.75. The van der Waals surface area contributed by atoms with Gasteiger partial charge in [0, 0.05) is 16.2 Å². The smallest absolute Gasteiger partial charge is 0.0568 e. The Balaban J connectivity index is 2.03. The maximum Gasteiger partial charge on any atom is 0.0568 e. The monoisotopic (exact) mass is 209 g/mol. The van der Waals surface area contributed by atoms with Gasteiger partial charge in [-0.15, -0.1) is 11.8 Å². The first kappa shape index (κ1) is 10.0. The zero-order valence-corrected chi connectivity index (χ0v) is 8.83. The molecule has 0 aliphatic heterocycles. The van der Waals surface area contributed by atoms with E-state index < -0.39 is 0 Å². The van der Waals surface area contributed by atoms with Crippen molar-refractivity contribution in [3.8, 4) is 0 Å². The van der Waals surface area contributed by atoms with E-state index in [0.29, 0.717) is 6.54 Å². The number of benzene rings is 1. The lowest BCUT2D eigenvalue weighted by molar-refractivity contribution is 0.0643. The summed E-state index contributed by atoms with van der Waals surface area (Å²) in [6.07, 6.45) is 1.50. The topological polar surface area (TPSA) is 46.2 Å². The number of thioether (sulfide) groups is 1. The van der Waals surface area contributed by atoms with Crippen LogP contribution in [0.15, 0.2) is 35.2 Å². The van der Waals surface area contributed by atoms with Gasteiger partial charge in [0.05, 0.1) is 6.10 Å². The highest BCUT2D eigenvalue weighted by Crippen LogP contribution is 2.46. The Bertz CT molecular complexity index is 295. The summed E-state index contributed by atoms with van der Waals surface area (Å²) in [5, 5.41) is 9.32. The molecule has 1 aromatic rings. The largest absolute Gasteiger partial charge is 0.393 e. The van der Waals surface area contributed by atoms with E-state index in [9.17, 15) is 5.11 Å². The van der Waals surface area contributed by atoms with Gasteiger partial charge in [0.15, 0.2) is 0 Å². The number of nitrogens with two attached hydrogens (primary N) is 1. The lowest BCUT2D eigenvalue weighted by Crippen LogP contribution is -2.49. The molecule has 2 nitrogen and oxygen atoms in total. The van der Waals surface area contributed by atoms with Crippen LogP contribution in [-0.2, 0) is 0 Å². The van der Waals surface area contributed by atoms with E-state index in [0.717, 1.165) is 12.8 Å². The summed E-state index contributed by atoms with van der Waals surface area (Å²) in [6, 6.07) is 10.2. The molecule has 0 aromatic heterocycles. The van der Waals surface area contributed by atoms with E-state index in [4.69, 9.17) is 5.73 Å². The minimum atomic E-state index is -0.144. The van der Waals surface area contributed by atoms with Crippen LogP contribution in [0.1, 0.15) is 12.8 Å². The second-order valence-corrected chi connectivity index (χ2v) is 5.41. The van der Waals surface area contributed by atoms with Gasteiger partial charge in [-0.2, -0.15) is 0 Å². The summed E-state index contributed by atoms with van der Waals surface area (Å²) >= 11 is 1.80. The summed E-state index contributed by atoms with van der Waals surface area (Å²) in [6.45, 7) is 0.642. The van der Waals surface area contributed by atoms with E-state index in [1.54, 1.807) is 11.8 Å². The van der Waals surface area contributed by atoms with Crippen LogP contribution in [0, 0.1) is 0 Å². The van der Waals surface area contributed by atoms with Gasteiger partial charge in [0.2, 0.25) is 0 Å². The van der Waals surface area contributed by atoms with E-state index in [2.05, 4.69) is 12.1 Å². The molecule has 0 radical (unpaired) electrons. The van der Waals surface area contributed by atoms with Crippen molar-refractivity contribution in [1.82, 2.24) is 0 Å². The van der Waals surface area contributed by atoms with Crippen molar-refractivity contribution in [3.05, 3.63) is 30.3 Å². The predicted molar refractivity (Wildman–Crippen MR) is 59.3 cm³/mol. The SMILES string of the molecule is NCC1(Sc2ccccc2)CC(O)C1. The van der Waals surface area contributed by atoms with Crippen LogP contribution in [0.25, 0.3) is 0 Å². The third-order valence-electron chi connectivity index (χ3n) is 2.66. The Morgan fingerprint density at radius 1 is 1.36 bits per heavy atom. The van der Waals surface area contributed by atoms with Crippen molar-refractivity contribution in [1.29, 1.82) is 0 Å². The van der Waals surface area contributed by atoms with Gasteiger partial charge in [0.1, 0.15) is 0 Å². The Morgan fingerprint density at radius 2 is 2.00 bits per heavy atom. The van der Waals surface area contributed by atoms with Crippen LogP contribution in [0.5, 0.6) is 0 Å². The maximum absolute atomic E-state index is 9.32. The standard InChI is InChI=1S/C11H15NOS/c12-8-11(6-9(13)7-11)14-10-4-2-1-3-5-10/h1-5,9,13H,6-8,12H2. The van der Waals surface area contributed by atoms with Crippen LogP contribution in [0.4, 0.5) is 0 Å². The highest BCUT2D eigenvalue weighted by atomic mass is 32.2. The molecule has 14 heavy (non-hydrogen) atoms. The fourth-order valence-corrected chi connectivity index (χ4v) is 3.26. The van der Waals surface area contributed by atoms with Gasteiger partial charge in [-0.25, -0.2) is 0 Å². The molecule has 0 amide bonds. The van der Waals surface area contributed by atoms with E-state index >= 15 is 0 Å². The Morgan fingerprint density at radius 3 is 2.50 bits per heavy atom. The first-order valence-electron chi connectivity index (χ1n) is 4.86. The summed E-state index contributed by atoms with van der Waals surface area (Å²) in [5.74, 6) is 0. The van der Waals surface area contributed by atoms with Gasteiger partial charge in [0.25, 0.3) is 0 Å². The predicted octanol–water partition coefficient (Wildman–Crippen LogP) is 1.63. The lowest BCUT2D eigenvalue weighted by Gasteiger charge is -2.44. The van der Waals surface area contributed by atoms with Crippen LogP contribution in [0.2, 0.25) is 0 Å². The molecule has 1 aliphatic rings. The molecule has 0 bridgehead atoms. The highest BCUT2D eigenvalue weighted by molar-refractivity contribution is 8.00. The molecule has 1 fully saturated rings. The molecule has 1 saturated carbocycles. The van der Waals surface area contributed by atoms with Gasteiger partial charge in [-0.3, -0.25) is 0 Å². The third-order valence-corrected chi connectivity index (χ3v) is 4.11. The van der Waals surface area contributed by atoms with Crippen LogP contribution >= 0.6 is 11.8 Å². The van der Waals surface area contributed by atoms with E-state index in [1.165, 1.54) is 4.90 Å². The van der Waals surface area contributed by atoms with Gasteiger partial charge < -0.3 is 10.8 Å². The summed E-state index contributed by atoms with van der Waals surface area (Å²) in [7, 11) is 0. The van der Waals surface area contributed by atoms with Crippen molar-refractivity contribution in [2.45, 2.75) is 28.6 Å². The number of hydrogen-bond acceptors (Lipinski definition) is 3. The van der Waals surface area contributed by atoms with Crippen molar-refractivity contribution < 1.29 is 5.11 Å². The summed E-state index contributed by atoms with van der Waals surface area (Å²) < 4.78 is 0.0841. The van der Waals surface area contributed by atoms with Crippen molar-refractivity contribution in [3.63, 3.8) is 0 Å². The fourth-order valence-electron chi connectivity index (χ4n) is 1.83. The highest BCUT2D eigenvalue weighted by Gasteiger charge is 2.43. The molecule has 3 heteroatoms. The van der Waals surface area contributed by atoms with Gasteiger partial charge in [-0.05, 0) is 25.0 Å². The molecule has 76 valence electrons. The molecule has 0 atom stereocenters. The minimum Gasteiger partial charge on any atom is -0.393 e. The quantitative estimate of drug-likeness (QED) is 0.795. The third kappa shape index (κ3) is 1.95. The second kappa shape index (κ2) is 3.93. The van der Waals surface area contributed by atoms with Gasteiger partial charge in [-0.1, -0.05) is 18.2 Å². The Hall–Kier alpha value is -0.510. The molecular weight excluding hydrogens is 194 g/mol. The summed E-state index contributed by atoms with van der Waals surface area (Å²) in [4.78, 5) is 1.24. The van der Waals surface area contributed by atoms with E-state index in [1.807, 2.05) is 18.2 Å². The number of aliphatic hydroxyl groups is 1. The average Bonchev–Trinajstić information content (AvgIpc) is 2.16. The van der Waals surface area contributed by atoms with Crippen LogP contribution in [0.3, 0.4) is 0 Å². The molecular formula is C11H15NOS. The Kier molecular flexibility index (Phi) is 2.81.